The Bertz CT molecular complexity index is 769. The quantitative estimate of drug-likeness (QED) is 0.795. The number of aryl methyl sites for hydroxylation is 1. The van der Waals surface area contributed by atoms with Gasteiger partial charge in [-0.3, -0.25) is 9.69 Å². The second kappa shape index (κ2) is 8.68. The normalized spacial score (nSPS) is 19.5. The average molecular weight is 396 g/mol. The van der Waals surface area contributed by atoms with E-state index in [1.54, 1.807) is 18.2 Å². The molecule has 2 aliphatic rings. The number of ether oxygens (including phenoxy) is 1. The molecule has 27 heavy (non-hydrogen) atoms. The Morgan fingerprint density at radius 2 is 1.93 bits per heavy atom. The highest BCUT2D eigenvalue weighted by Crippen LogP contribution is 2.25. The zero-order valence-electron chi connectivity index (χ0n) is 16.1. The molecule has 0 unspecified atom stereocenters. The highest BCUT2D eigenvalue weighted by atomic mass is 32.2. The largest absolute Gasteiger partial charge is 0.379 e. The van der Waals surface area contributed by atoms with E-state index in [1.165, 1.54) is 17.1 Å². The first-order chi connectivity index (χ1) is 12.9. The first kappa shape index (κ1) is 20.3. The van der Waals surface area contributed by atoms with Crippen molar-refractivity contribution < 1.29 is 17.9 Å². The molecule has 1 aliphatic carbocycles. The summed E-state index contributed by atoms with van der Waals surface area (Å²) in [6, 6.07) is 5.36. The fraction of sp³-hybridized carbons (Fsp3) is 0.632. The Labute approximate surface area is 161 Å². The minimum absolute atomic E-state index is 0.117. The van der Waals surface area contributed by atoms with Gasteiger partial charge in [-0.15, -0.1) is 0 Å². The zero-order valence-corrected chi connectivity index (χ0v) is 16.9. The summed E-state index contributed by atoms with van der Waals surface area (Å²) in [7, 11) is -1.61. The van der Waals surface area contributed by atoms with Gasteiger partial charge in [0.2, 0.25) is 15.9 Å². The van der Waals surface area contributed by atoms with Crippen LogP contribution in [0.3, 0.4) is 0 Å². The molecule has 8 heteroatoms. The predicted molar refractivity (Wildman–Crippen MR) is 104 cm³/mol. The molecule has 0 atom stereocenters. The second-order valence-electron chi connectivity index (χ2n) is 7.39. The van der Waals surface area contributed by atoms with Crippen LogP contribution in [0.1, 0.15) is 31.2 Å². The first-order valence-electron chi connectivity index (χ1n) is 9.56. The van der Waals surface area contributed by atoms with E-state index in [2.05, 4.69) is 10.2 Å². The van der Waals surface area contributed by atoms with Crippen LogP contribution < -0.4 is 5.32 Å². The lowest BCUT2D eigenvalue weighted by Gasteiger charge is -2.26. The van der Waals surface area contributed by atoms with Crippen molar-refractivity contribution in [2.24, 2.45) is 0 Å². The van der Waals surface area contributed by atoms with Gasteiger partial charge in [0.05, 0.1) is 24.7 Å². The van der Waals surface area contributed by atoms with Gasteiger partial charge in [0, 0.05) is 24.8 Å². The number of hydrogen-bond acceptors (Lipinski definition) is 5. The van der Waals surface area contributed by atoms with Gasteiger partial charge in [-0.05, 0) is 44.5 Å². The fourth-order valence-electron chi connectivity index (χ4n) is 3.72. The molecular weight excluding hydrogens is 366 g/mol. The van der Waals surface area contributed by atoms with Crippen LogP contribution in [-0.2, 0) is 19.6 Å². The van der Waals surface area contributed by atoms with Crippen molar-refractivity contribution in [2.75, 3.05) is 45.2 Å². The van der Waals surface area contributed by atoms with Crippen LogP contribution in [0, 0.1) is 6.92 Å². The summed E-state index contributed by atoms with van der Waals surface area (Å²) in [5, 5.41) is 2.89. The Hall–Kier alpha value is -1.48. The summed E-state index contributed by atoms with van der Waals surface area (Å²) >= 11 is 0. The Morgan fingerprint density at radius 1 is 1.26 bits per heavy atom. The molecule has 0 spiro atoms. The SMILES string of the molecule is Cc1ccc(S(=O)(=O)N2CCOCC2)cc1NC(=O)CN(C)C1CCCC1. The second-order valence-corrected chi connectivity index (χ2v) is 9.33. The molecule has 0 bridgehead atoms. The van der Waals surface area contributed by atoms with Crippen molar-refractivity contribution in [1.29, 1.82) is 0 Å². The molecule has 1 saturated carbocycles. The van der Waals surface area contributed by atoms with Crippen molar-refractivity contribution in [2.45, 2.75) is 43.5 Å². The van der Waals surface area contributed by atoms with E-state index in [1.807, 2.05) is 14.0 Å². The van der Waals surface area contributed by atoms with Crippen molar-refractivity contribution in [1.82, 2.24) is 9.21 Å². The van der Waals surface area contributed by atoms with Crippen molar-refractivity contribution in [3.05, 3.63) is 23.8 Å². The fourth-order valence-corrected chi connectivity index (χ4v) is 5.16. The van der Waals surface area contributed by atoms with E-state index >= 15 is 0 Å². The zero-order chi connectivity index (χ0) is 19.4. The molecule has 3 rings (SSSR count). The van der Waals surface area contributed by atoms with Gasteiger partial charge in [0.25, 0.3) is 0 Å². The highest BCUT2D eigenvalue weighted by Gasteiger charge is 2.27. The Morgan fingerprint density at radius 3 is 2.59 bits per heavy atom. The predicted octanol–water partition coefficient (Wildman–Crippen LogP) is 1.83. The maximum Gasteiger partial charge on any atom is 0.243 e. The lowest BCUT2D eigenvalue weighted by atomic mass is 10.2. The third-order valence-electron chi connectivity index (χ3n) is 5.43. The summed E-state index contributed by atoms with van der Waals surface area (Å²) in [5.41, 5.74) is 1.39. The standard InChI is InChI=1S/C19H29N3O4S/c1-15-7-8-17(27(24,25)22-9-11-26-12-10-22)13-18(15)20-19(23)14-21(2)16-5-3-4-6-16/h7-8,13,16H,3-6,9-12,14H2,1-2H3,(H,20,23). The number of hydrogen-bond donors (Lipinski definition) is 1. The van der Waals surface area contributed by atoms with Crippen molar-refractivity contribution >= 4 is 21.6 Å². The van der Waals surface area contributed by atoms with Crippen LogP contribution in [0.5, 0.6) is 0 Å². The monoisotopic (exact) mass is 395 g/mol. The highest BCUT2D eigenvalue weighted by molar-refractivity contribution is 7.89. The number of likely N-dealkylation sites (N-methyl/N-ethyl adjacent to an activating group) is 1. The molecule has 1 aliphatic heterocycles. The number of nitrogens with zero attached hydrogens (tertiary/aromatic N) is 2. The van der Waals surface area contributed by atoms with Gasteiger partial charge >= 0.3 is 0 Å². The molecular formula is C19H29N3O4S. The van der Waals surface area contributed by atoms with E-state index in [4.69, 9.17) is 4.74 Å². The molecule has 1 aromatic rings. The van der Waals surface area contributed by atoms with E-state index in [9.17, 15) is 13.2 Å². The smallest absolute Gasteiger partial charge is 0.243 e. The number of nitrogens with one attached hydrogen (secondary N) is 1. The molecule has 1 heterocycles. The lowest BCUT2D eigenvalue weighted by Crippen LogP contribution is -2.40. The minimum Gasteiger partial charge on any atom is -0.379 e. The van der Waals surface area contributed by atoms with Crippen LogP contribution in [0.15, 0.2) is 23.1 Å². The number of amides is 1. The molecule has 7 nitrogen and oxygen atoms in total. The van der Waals surface area contributed by atoms with Crippen LogP contribution in [0.4, 0.5) is 5.69 Å². The Balaban J connectivity index is 1.70. The molecule has 1 aromatic carbocycles. The van der Waals surface area contributed by atoms with Gasteiger partial charge < -0.3 is 10.1 Å². The number of carbonyl (C=O) groups is 1. The van der Waals surface area contributed by atoms with Gasteiger partial charge in [-0.2, -0.15) is 4.31 Å². The average Bonchev–Trinajstić information content (AvgIpc) is 3.19. The van der Waals surface area contributed by atoms with Crippen LogP contribution >= 0.6 is 0 Å². The molecule has 2 fully saturated rings. The summed E-state index contributed by atoms with van der Waals surface area (Å²) < 4.78 is 32.3. The lowest BCUT2D eigenvalue weighted by molar-refractivity contribution is -0.117. The number of benzene rings is 1. The molecule has 1 amide bonds. The van der Waals surface area contributed by atoms with Crippen molar-refractivity contribution in [3.8, 4) is 0 Å². The summed E-state index contributed by atoms with van der Waals surface area (Å²) in [6.45, 7) is 3.69. The molecule has 150 valence electrons. The third kappa shape index (κ3) is 4.87. The number of rotatable bonds is 6. The maximum absolute atomic E-state index is 12.8. The summed E-state index contributed by atoms with van der Waals surface area (Å²) in [4.78, 5) is 14.8. The van der Waals surface area contributed by atoms with Gasteiger partial charge in [-0.1, -0.05) is 18.9 Å². The number of carbonyl (C=O) groups excluding carboxylic acids is 1. The van der Waals surface area contributed by atoms with Crippen molar-refractivity contribution in [3.63, 3.8) is 0 Å². The Kier molecular flexibility index (Phi) is 6.52. The molecule has 1 saturated heterocycles. The maximum atomic E-state index is 12.8. The van der Waals surface area contributed by atoms with Crippen LogP contribution in [0.25, 0.3) is 0 Å². The van der Waals surface area contributed by atoms with Crippen LogP contribution in [-0.4, -0.2) is 69.5 Å². The van der Waals surface area contributed by atoms with Gasteiger partial charge in [-0.25, -0.2) is 8.42 Å². The first-order valence-corrected chi connectivity index (χ1v) is 11.0. The topological polar surface area (TPSA) is 79.0 Å². The third-order valence-corrected chi connectivity index (χ3v) is 7.33. The minimum atomic E-state index is -3.58. The van der Waals surface area contributed by atoms with Crippen LogP contribution in [0.2, 0.25) is 0 Å². The van der Waals surface area contributed by atoms with Gasteiger partial charge in [0.15, 0.2) is 0 Å². The van der Waals surface area contributed by atoms with E-state index < -0.39 is 10.0 Å². The van der Waals surface area contributed by atoms with Gasteiger partial charge in [0.1, 0.15) is 0 Å². The summed E-state index contributed by atoms with van der Waals surface area (Å²) in [5.74, 6) is -0.117. The number of sulfonamides is 1. The molecule has 1 N–H and O–H groups in total. The van der Waals surface area contributed by atoms with E-state index in [0.717, 1.165) is 18.4 Å². The number of anilines is 1. The van der Waals surface area contributed by atoms with E-state index in [-0.39, 0.29) is 10.8 Å². The van der Waals surface area contributed by atoms with E-state index in [0.29, 0.717) is 44.6 Å². The molecule has 0 aromatic heterocycles. The summed E-state index contributed by atoms with van der Waals surface area (Å²) in [6.07, 6.45) is 4.71. The number of morpholine rings is 1. The molecule has 0 radical (unpaired) electrons.